The minimum atomic E-state index is -2.94. The quantitative estimate of drug-likeness (QED) is 0.655. The number of carbonyl (C=O) groups is 1. The third-order valence-electron chi connectivity index (χ3n) is 3.23. The van der Waals surface area contributed by atoms with Gasteiger partial charge in [0.15, 0.2) is 9.84 Å². The zero-order valence-corrected chi connectivity index (χ0v) is 12.1. The summed E-state index contributed by atoms with van der Waals surface area (Å²) in [7, 11) is -2.94. The van der Waals surface area contributed by atoms with Gasteiger partial charge in [-0.15, -0.1) is 0 Å². The van der Waals surface area contributed by atoms with Crippen molar-refractivity contribution in [2.24, 2.45) is 11.0 Å². The number of hydrogen-bond acceptors (Lipinski definition) is 5. The molecule has 1 fully saturated rings. The predicted molar refractivity (Wildman–Crippen MR) is 76.0 cm³/mol. The summed E-state index contributed by atoms with van der Waals surface area (Å²) in [6.45, 7) is 1.78. The number of hydrogen-bond donors (Lipinski definition) is 1. The van der Waals surface area contributed by atoms with Gasteiger partial charge in [0.25, 0.3) is 0 Å². The van der Waals surface area contributed by atoms with E-state index in [4.69, 9.17) is 0 Å². The number of aromatic nitrogens is 1. The monoisotopic (exact) mass is 295 g/mol. The second-order valence-corrected chi connectivity index (χ2v) is 7.18. The Morgan fingerprint density at radius 1 is 1.55 bits per heavy atom. The van der Waals surface area contributed by atoms with Crippen molar-refractivity contribution in [2.45, 2.75) is 19.8 Å². The van der Waals surface area contributed by atoms with Crippen molar-refractivity contribution in [1.82, 2.24) is 10.4 Å². The largest absolute Gasteiger partial charge is 0.273 e. The van der Waals surface area contributed by atoms with Crippen LogP contribution in [0.5, 0.6) is 0 Å². The topological polar surface area (TPSA) is 88.5 Å². The van der Waals surface area contributed by atoms with Gasteiger partial charge in [-0.3, -0.25) is 9.78 Å². The Labute approximate surface area is 118 Å². The Kier molecular flexibility index (Phi) is 4.49. The smallest absolute Gasteiger partial charge is 0.240 e. The molecule has 1 aliphatic rings. The van der Waals surface area contributed by atoms with E-state index in [1.165, 1.54) is 0 Å². The van der Waals surface area contributed by atoms with E-state index < -0.39 is 9.84 Å². The summed E-state index contributed by atoms with van der Waals surface area (Å²) in [5.41, 5.74) is 3.95. The number of amides is 1. The number of carbonyl (C=O) groups excluding carboxylic acids is 1. The molecule has 2 heterocycles. The van der Waals surface area contributed by atoms with Crippen LogP contribution in [0.1, 0.15) is 25.3 Å². The van der Waals surface area contributed by atoms with Gasteiger partial charge in [0.05, 0.1) is 17.2 Å². The highest BCUT2D eigenvalue weighted by molar-refractivity contribution is 7.91. The van der Waals surface area contributed by atoms with Gasteiger partial charge in [-0.25, -0.2) is 13.8 Å². The number of pyridine rings is 1. The molecule has 0 aliphatic carbocycles. The maximum Gasteiger partial charge on any atom is 0.240 e. The van der Waals surface area contributed by atoms with E-state index in [-0.39, 0.29) is 29.8 Å². The molecule has 1 aliphatic heterocycles. The van der Waals surface area contributed by atoms with E-state index in [0.717, 1.165) is 5.56 Å². The summed E-state index contributed by atoms with van der Waals surface area (Å²) in [5.74, 6) is -0.0569. The molecular weight excluding hydrogens is 278 g/mol. The van der Waals surface area contributed by atoms with Crippen LogP contribution in [0, 0.1) is 5.92 Å². The molecule has 20 heavy (non-hydrogen) atoms. The van der Waals surface area contributed by atoms with Crippen LogP contribution in [0.2, 0.25) is 0 Å². The van der Waals surface area contributed by atoms with Gasteiger partial charge in [-0.2, -0.15) is 5.10 Å². The third-order valence-corrected chi connectivity index (χ3v) is 5.07. The van der Waals surface area contributed by atoms with Crippen molar-refractivity contribution in [2.75, 3.05) is 11.5 Å². The van der Waals surface area contributed by atoms with E-state index >= 15 is 0 Å². The number of nitrogens with zero attached hydrogens (tertiary/aromatic N) is 2. The lowest BCUT2D eigenvalue weighted by molar-refractivity contribution is -0.121. The summed E-state index contributed by atoms with van der Waals surface area (Å²) in [6, 6.07) is 3.64. The van der Waals surface area contributed by atoms with Crippen molar-refractivity contribution in [3.8, 4) is 0 Å². The summed E-state index contributed by atoms with van der Waals surface area (Å²) in [5, 5.41) is 4.00. The highest BCUT2D eigenvalue weighted by atomic mass is 32.2. The first-order valence-electron chi connectivity index (χ1n) is 6.40. The average Bonchev–Trinajstić information content (AvgIpc) is 2.76. The Hall–Kier alpha value is -1.76. The van der Waals surface area contributed by atoms with Crippen LogP contribution >= 0.6 is 0 Å². The van der Waals surface area contributed by atoms with E-state index in [9.17, 15) is 13.2 Å². The minimum Gasteiger partial charge on any atom is -0.273 e. The number of sulfone groups is 1. The molecule has 1 aromatic rings. The molecule has 0 unspecified atom stereocenters. The summed E-state index contributed by atoms with van der Waals surface area (Å²) < 4.78 is 22.6. The SMILES string of the molecule is C/C(=N/NC(=O)C[C@@H]1CCS(=O)(=O)C1)c1cccnc1. The highest BCUT2D eigenvalue weighted by Crippen LogP contribution is 2.21. The van der Waals surface area contributed by atoms with Crippen molar-refractivity contribution in [1.29, 1.82) is 0 Å². The molecule has 1 atom stereocenters. The normalized spacial score (nSPS) is 21.6. The van der Waals surface area contributed by atoms with Crippen LogP contribution in [-0.4, -0.2) is 36.5 Å². The van der Waals surface area contributed by atoms with Gasteiger partial charge in [-0.05, 0) is 25.3 Å². The van der Waals surface area contributed by atoms with E-state index in [1.807, 2.05) is 6.07 Å². The predicted octanol–water partition coefficient (Wildman–Crippen LogP) is 0.747. The Balaban J connectivity index is 1.86. The molecule has 7 heteroatoms. The van der Waals surface area contributed by atoms with Crippen molar-refractivity contribution in [3.05, 3.63) is 30.1 Å². The molecule has 0 bridgehead atoms. The molecule has 0 aromatic carbocycles. The third kappa shape index (κ3) is 4.12. The molecule has 1 aromatic heterocycles. The first-order chi connectivity index (χ1) is 9.46. The first kappa shape index (κ1) is 14.6. The fourth-order valence-electron chi connectivity index (χ4n) is 2.13. The van der Waals surface area contributed by atoms with Crippen molar-refractivity contribution >= 4 is 21.5 Å². The molecule has 6 nitrogen and oxygen atoms in total. The zero-order chi connectivity index (χ0) is 14.6. The maximum atomic E-state index is 11.7. The van der Waals surface area contributed by atoms with Gasteiger partial charge in [0.2, 0.25) is 5.91 Å². The molecule has 108 valence electrons. The minimum absolute atomic E-state index is 0.0890. The fraction of sp³-hybridized carbons (Fsp3) is 0.462. The Morgan fingerprint density at radius 3 is 2.95 bits per heavy atom. The van der Waals surface area contributed by atoms with E-state index in [1.54, 1.807) is 25.4 Å². The number of nitrogens with one attached hydrogen (secondary N) is 1. The lowest BCUT2D eigenvalue weighted by Gasteiger charge is -2.06. The average molecular weight is 295 g/mol. The number of rotatable bonds is 4. The van der Waals surface area contributed by atoms with Crippen LogP contribution in [-0.2, 0) is 14.6 Å². The van der Waals surface area contributed by atoms with Crippen molar-refractivity contribution < 1.29 is 13.2 Å². The standard InChI is InChI=1S/C13H17N3O3S/c1-10(12-3-2-5-14-8-12)15-16-13(17)7-11-4-6-20(18,19)9-11/h2-3,5,8,11H,4,6-7,9H2,1H3,(H,16,17)/b15-10-/t11-/m0/s1. The molecule has 1 amide bonds. The molecular formula is C13H17N3O3S. The summed E-state index contributed by atoms with van der Waals surface area (Å²) in [6.07, 6.45) is 4.08. The Bertz CT molecular complexity index is 611. The molecule has 0 radical (unpaired) electrons. The lowest BCUT2D eigenvalue weighted by atomic mass is 10.1. The summed E-state index contributed by atoms with van der Waals surface area (Å²) in [4.78, 5) is 15.7. The second kappa shape index (κ2) is 6.13. The van der Waals surface area contributed by atoms with Crippen LogP contribution in [0.15, 0.2) is 29.6 Å². The van der Waals surface area contributed by atoms with Crippen LogP contribution < -0.4 is 5.43 Å². The van der Waals surface area contributed by atoms with Crippen LogP contribution in [0.25, 0.3) is 0 Å². The van der Waals surface area contributed by atoms with Gasteiger partial charge in [-0.1, -0.05) is 6.07 Å². The fourth-order valence-corrected chi connectivity index (χ4v) is 3.99. The zero-order valence-electron chi connectivity index (χ0n) is 11.2. The first-order valence-corrected chi connectivity index (χ1v) is 8.22. The summed E-state index contributed by atoms with van der Waals surface area (Å²) >= 11 is 0. The Morgan fingerprint density at radius 2 is 2.35 bits per heavy atom. The maximum absolute atomic E-state index is 11.7. The van der Waals surface area contributed by atoms with Crippen LogP contribution in [0.3, 0.4) is 0 Å². The molecule has 1 saturated heterocycles. The molecule has 1 N–H and O–H groups in total. The molecule has 2 rings (SSSR count). The molecule has 0 spiro atoms. The number of hydrazone groups is 1. The van der Waals surface area contributed by atoms with E-state index in [0.29, 0.717) is 12.1 Å². The van der Waals surface area contributed by atoms with E-state index in [2.05, 4.69) is 15.5 Å². The van der Waals surface area contributed by atoms with Gasteiger partial charge in [0, 0.05) is 24.4 Å². The van der Waals surface area contributed by atoms with Gasteiger partial charge in [0.1, 0.15) is 0 Å². The lowest BCUT2D eigenvalue weighted by Crippen LogP contribution is -2.22. The van der Waals surface area contributed by atoms with Crippen LogP contribution in [0.4, 0.5) is 0 Å². The van der Waals surface area contributed by atoms with Gasteiger partial charge < -0.3 is 0 Å². The van der Waals surface area contributed by atoms with Gasteiger partial charge >= 0.3 is 0 Å². The van der Waals surface area contributed by atoms with Crippen molar-refractivity contribution in [3.63, 3.8) is 0 Å². The highest BCUT2D eigenvalue weighted by Gasteiger charge is 2.29. The second-order valence-electron chi connectivity index (χ2n) is 4.95. The molecule has 0 saturated carbocycles.